The summed E-state index contributed by atoms with van der Waals surface area (Å²) in [7, 11) is 0. The molecular weight excluding hydrogens is 232 g/mol. The van der Waals surface area contributed by atoms with Crippen LogP contribution in [0.5, 0.6) is 0 Å². The van der Waals surface area contributed by atoms with Gasteiger partial charge in [-0.2, -0.15) is 11.8 Å². The predicted molar refractivity (Wildman–Crippen MR) is 68.9 cm³/mol. The first kappa shape index (κ1) is 15.1. The Hall–Kier alpha value is 0.0700. The smallest absolute Gasteiger partial charge is 0.230 e. The molecule has 3 nitrogen and oxygen atoms in total. The monoisotopic (exact) mass is 252 g/mol. The molecule has 0 aromatic rings. The number of nitrogens with one attached hydrogen (secondary N) is 2. The van der Waals surface area contributed by atoms with Crippen molar-refractivity contribution in [3.63, 3.8) is 0 Å². The van der Waals surface area contributed by atoms with Crippen LogP contribution in [-0.2, 0) is 4.79 Å². The second-order valence-electron chi connectivity index (χ2n) is 3.65. The highest BCUT2D eigenvalue weighted by molar-refractivity contribution is 7.99. The topological polar surface area (TPSA) is 41.1 Å². The fourth-order valence-corrected chi connectivity index (χ4v) is 2.25. The van der Waals surface area contributed by atoms with E-state index in [-0.39, 0.29) is 18.3 Å². The molecule has 0 bridgehead atoms. The molecule has 0 saturated carbocycles. The van der Waals surface area contributed by atoms with Crippen LogP contribution in [0.3, 0.4) is 0 Å². The first-order valence-corrected chi connectivity index (χ1v) is 6.56. The van der Waals surface area contributed by atoms with Crippen molar-refractivity contribution in [1.29, 1.82) is 0 Å². The summed E-state index contributed by atoms with van der Waals surface area (Å²) >= 11 is 1.71. The first-order valence-electron chi connectivity index (χ1n) is 5.40. The molecule has 1 heterocycles. The molecule has 0 radical (unpaired) electrons. The lowest BCUT2D eigenvalue weighted by atomic mass is 10.2. The highest BCUT2D eigenvalue weighted by Crippen LogP contribution is 2.04. The van der Waals surface area contributed by atoms with Crippen LogP contribution in [0.25, 0.3) is 0 Å². The first-order chi connectivity index (χ1) is 6.83. The number of rotatable bonds is 6. The number of carbonyl (C=O) groups is 1. The van der Waals surface area contributed by atoms with Gasteiger partial charge < -0.3 is 10.6 Å². The zero-order valence-corrected chi connectivity index (χ0v) is 10.9. The Morgan fingerprint density at radius 2 is 2.40 bits per heavy atom. The van der Waals surface area contributed by atoms with Crippen molar-refractivity contribution < 1.29 is 4.79 Å². The molecule has 1 amide bonds. The molecule has 0 aliphatic carbocycles. The van der Waals surface area contributed by atoms with E-state index in [9.17, 15) is 4.79 Å². The van der Waals surface area contributed by atoms with Crippen LogP contribution in [-0.4, -0.2) is 36.5 Å². The zero-order chi connectivity index (χ0) is 10.2. The summed E-state index contributed by atoms with van der Waals surface area (Å²) in [6.45, 7) is 4.03. The van der Waals surface area contributed by atoms with Crippen molar-refractivity contribution in [2.24, 2.45) is 0 Å². The minimum absolute atomic E-state index is 0. The van der Waals surface area contributed by atoms with E-state index in [0.717, 1.165) is 25.3 Å². The van der Waals surface area contributed by atoms with Gasteiger partial charge in [-0.3, -0.25) is 4.79 Å². The lowest BCUT2D eigenvalue weighted by molar-refractivity contribution is -0.118. The maximum absolute atomic E-state index is 11.3. The van der Waals surface area contributed by atoms with Gasteiger partial charge in [0.15, 0.2) is 0 Å². The molecule has 1 unspecified atom stereocenters. The molecule has 0 aromatic heterocycles. The van der Waals surface area contributed by atoms with Gasteiger partial charge in [-0.15, -0.1) is 12.4 Å². The largest absolute Gasteiger partial charge is 0.354 e. The van der Waals surface area contributed by atoms with Crippen LogP contribution < -0.4 is 10.6 Å². The summed E-state index contributed by atoms with van der Waals surface area (Å²) in [6, 6.07) is 0.509. The Kier molecular flexibility index (Phi) is 9.35. The van der Waals surface area contributed by atoms with Gasteiger partial charge in [0.2, 0.25) is 5.91 Å². The van der Waals surface area contributed by atoms with E-state index in [1.54, 1.807) is 11.8 Å². The van der Waals surface area contributed by atoms with Gasteiger partial charge in [0.05, 0.1) is 5.75 Å². The minimum atomic E-state index is 0. The Balaban J connectivity index is 0.00000196. The van der Waals surface area contributed by atoms with Crippen molar-refractivity contribution in [3.05, 3.63) is 0 Å². The molecule has 0 spiro atoms. The highest BCUT2D eigenvalue weighted by Gasteiger charge is 2.14. The van der Waals surface area contributed by atoms with Crippen LogP contribution in [0.1, 0.15) is 26.2 Å². The number of hydrogen-bond acceptors (Lipinski definition) is 3. The molecule has 0 aromatic carbocycles. The average Bonchev–Trinajstić information content (AvgIpc) is 2.68. The van der Waals surface area contributed by atoms with Gasteiger partial charge in [0, 0.05) is 12.6 Å². The highest BCUT2D eigenvalue weighted by atomic mass is 35.5. The van der Waals surface area contributed by atoms with E-state index in [4.69, 9.17) is 0 Å². The van der Waals surface area contributed by atoms with E-state index < -0.39 is 0 Å². The molecule has 90 valence electrons. The minimum Gasteiger partial charge on any atom is -0.354 e. The maximum atomic E-state index is 11.3. The van der Waals surface area contributed by atoms with Crippen LogP contribution >= 0.6 is 24.2 Å². The van der Waals surface area contributed by atoms with E-state index >= 15 is 0 Å². The Labute approximate surface area is 103 Å². The molecule has 1 saturated heterocycles. The standard InChI is InChI=1S/C10H20N2OS.ClH/c1-2-6-14-8-10(13)12-7-9-4-3-5-11-9;/h9,11H,2-8H2,1H3,(H,12,13);1H. The van der Waals surface area contributed by atoms with Gasteiger partial charge in [-0.1, -0.05) is 6.92 Å². The molecule has 1 aliphatic rings. The van der Waals surface area contributed by atoms with Crippen molar-refractivity contribution >= 4 is 30.1 Å². The third-order valence-corrected chi connectivity index (χ3v) is 3.45. The third kappa shape index (κ3) is 7.03. The van der Waals surface area contributed by atoms with Crippen molar-refractivity contribution in [2.45, 2.75) is 32.2 Å². The molecule has 5 heteroatoms. The number of hydrogen-bond donors (Lipinski definition) is 2. The van der Waals surface area contributed by atoms with E-state index in [2.05, 4.69) is 17.6 Å². The predicted octanol–water partition coefficient (Wildman–Crippen LogP) is 1.42. The van der Waals surface area contributed by atoms with Crippen molar-refractivity contribution in [3.8, 4) is 0 Å². The summed E-state index contributed by atoms with van der Waals surface area (Å²) in [5, 5.41) is 6.32. The Morgan fingerprint density at radius 3 is 3.00 bits per heavy atom. The number of halogens is 1. The lowest BCUT2D eigenvalue weighted by Crippen LogP contribution is -2.37. The Morgan fingerprint density at radius 1 is 1.60 bits per heavy atom. The van der Waals surface area contributed by atoms with Crippen LogP contribution in [0.2, 0.25) is 0 Å². The number of carbonyl (C=O) groups excluding carboxylic acids is 1. The normalized spacial score (nSPS) is 19.7. The van der Waals surface area contributed by atoms with Gasteiger partial charge in [-0.25, -0.2) is 0 Å². The second-order valence-corrected chi connectivity index (χ2v) is 4.76. The number of thioether (sulfide) groups is 1. The molecule has 2 N–H and O–H groups in total. The Bertz CT molecular complexity index is 175. The van der Waals surface area contributed by atoms with Crippen LogP contribution in [0.4, 0.5) is 0 Å². The second kappa shape index (κ2) is 9.31. The van der Waals surface area contributed by atoms with Gasteiger partial charge in [0.25, 0.3) is 0 Å². The summed E-state index contributed by atoms with van der Waals surface area (Å²) < 4.78 is 0. The van der Waals surface area contributed by atoms with Gasteiger partial charge >= 0.3 is 0 Å². The van der Waals surface area contributed by atoms with Gasteiger partial charge in [-0.05, 0) is 31.6 Å². The molecule has 1 aliphatic heterocycles. The summed E-state index contributed by atoms with van der Waals surface area (Å²) in [5.74, 6) is 1.87. The molecule has 1 atom stereocenters. The van der Waals surface area contributed by atoms with E-state index in [1.165, 1.54) is 12.8 Å². The summed E-state index contributed by atoms with van der Waals surface area (Å²) in [4.78, 5) is 11.3. The average molecular weight is 253 g/mol. The quantitative estimate of drug-likeness (QED) is 0.703. The summed E-state index contributed by atoms with van der Waals surface area (Å²) in [5.41, 5.74) is 0. The molecule has 15 heavy (non-hydrogen) atoms. The van der Waals surface area contributed by atoms with Crippen LogP contribution in [0, 0.1) is 0 Å². The SMILES string of the molecule is CCCSCC(=O)NCC1CCCN1.Cl. The van der Waals surface area contributed by atoms with Gasteiger partial charge in [0.1, 0.15) is 0 Å². The number of amides is 1. The zero-order valence-electron chi connectivity index (χ0n) is 9.25. The molecular formula is C10H21ClN2OS. The van der Waals surface area contributed by atoms with Crippen molar-refractivity contribution in [1.82, 2.24) is 10.6 Å². The third-order valence-electron chi connectivity index (χ3n) is 2.29. The fraction of sp³-hybridized carbons (Fsp3) is 0.900. The van der Waals surface area contributed by atoms with Crippen LogP contribution in [0.15, 0.2) is 0 Å². The van der Waals surface area contributed by atoms with E-state index in [1.807, 2.05) is 0 Å². The summed E-state index contributed by atoms with van der Waals surface area (Å²) in [6.07, 6.45) is 3.58. The van der Waals surface area contributed by atoms with Crippen molar-refractivity contribution in [2.75, 3.05) is 24.6 Å². The lowest BCUT2D eigenvalue weighted by Gasteiger charge is -2.10. The van der Waals surface area contributed by atoms with E-state index in [0.29, 0.717) is 11.8 Å². The maximum Gasteiger partial charge on any atom is 0.230 e. The molecule has 1 fully saturated rings. The molecule has 1 rings (SSSR count). The fourth-order valence-electron chi connectivity index (χ4n) is 1.53.